The Kier molecular flexibility index (Phi) is 15.5. The standard InChI is InChI=1S/C41H49N9O12/c1-22-33(32(51)29(45-48-42)40(58-22)62-37-31(47-50-44)39(53-4)57-23(2)34(37)54-19-24-11-7-5-8-12-24)60-41-30(46-49-43)36(55-20-25-13-9-6-10-14-25)35-28(59-41)21-56-38(61-35)26-15-17-27(52-3)18-16-26/h5-18,22-23,28-41,51H,19-21H2,1-4H3/t22-,23+,28+,29-,30-,31+,32-,33+,34-,35+,36+,37+,38?,39+,40-,41-/m0/s1. The van der Waals surface area contributed by atoms with Crippen LogP contribution in [0.3, 0.4) is 0 Å². The molecule has 4 fully saturated rings. The van der Waals surface area contributed by atoms with Crippen LogP contribution in [0.1, 0.15) is 36.8 Å². The van der Waals surface area contributed by atoms with Gasteiger partial charge >= 0.3 is 0 Å². The average Bonchev–Trinajstić information content (AvgIpc) is 3.30. The first-order chi connectivity index (χ1) is 30.3. The van der Waals surface area contributed by atoms with Crippen molar-refractivity contribution in [2.24, 2.45) is 15.3 Å². The number of hydrogen-bond donors (Lipinski definition) is 1. The molecule has 0 spiro atoms. The maximum Gasteiger partial charge on any atom is 0.184 e. The molecule has 0 radical (unpaired) electrons. The highest BCUT2D eigenvalue weighted by Gasteiger charge is 2.55. The molecule has 7 rings (SSSR count). The summed E-state index contributed by atoms with van der Waals surface area (Å²) in [5, 5.41) is 23.9. The first-order valence-electron chi connectivity index (χ1n) is 20.1. The molecule has 3 aromatic carbocycles. The second-order valence-electron chi connectivity index (χ2n) is 15.0. The summed E-state index contributed by atoms with van der Waals surface area (Å²) in [4.78, 5) is 9.12. The molecule has 1 N–H and O–H groups in total. The molecule has 0 aromatic heterocycles. The highest BCUT2D eigenvalue weighted by atomic mass is 16.8. The van der Waals surface area contributed by atoms with E-state index in [4.69, 9.17) is 52.1 Å². The van der Waals surface area contributed by atoms with Gasteiger partial charge in [-0.15, -0.1) is 0 Å². The zero-order valence-electron chi connectivity index (χ0n) is 34.4. The third-order valence-corrected chi connectivity index (χ3v) is 11.2. The number of nitrogens with zero attached hydrogens (tertiary/aromatic N) is 9. The number of aliphatic hydroxyl groups is 1. The predicted octanol–water partition coefficient (Wildman–Crippen LogP) is 6.31. The van der Waals surface area contributed by atoms with Crippen molar-refractivity contribution in [2.45, 2.75) is 125 Å². The topological polar surface area (TPSA) is 268 Å². The van der Waals surface area contributed by atoms with Gasteiger partial charge in [-0.25, -0.2) is 0 Å². The van der Waals surface area contributed by atoms with E-state index in [1.165, 1.54) is 7.11 Å². The van der Waals surface area contributed by atoms with Gasteiger partial charge in [0.15, 0.2) is 25.2 Å². The number of hydrogen-bond acceptors (Lipinski definition) is 15. The first-order valence-corrected chi connectivity index (χ1v) is 20.1. The molecule has 0 amide bonds. The smallest absolute Gasteiger partial charge is 0.184 e. The third kappa shape index (κ3) is 10.2. The van der Waals surface area contributed by atoms with Crippen LogP contribution in [0.15, 0.2) is 100 Å². The normalized spacial score (nSPS) is 35.6. The summed E-state index contributed by atoms with van der Waals surface area (Å²) in [5.74, 6) is 0.659. The predicted molar refractivity (Wildman–Crippen MR) is 215 cm³/mol. The van der Waals surface area contributed by atoms with Crippen LogP contribution in [-0.4, -0.2) is 118 Å². The maximum atomic E-state index is 12.0. The molecular weight excluding hydrogens is 811 g/mol. The third-order valence-electron chi connectivity index (χ3n) is 11.2. The Labute approximate surface area is 356 Å². The molecule has 4 aliphatic heterocycles. The van der Waals surface area contributed by atoms with Gasteiger partial charge in [0, 0.05) is 27.4 Å². The minimum absolute atomic E-state index is 0.0395. The van der Waals surface area contributed by atoms with E-state index in [2.05, 4.69) is 30.1 Å². The fourth-order valence-corrected chi connectivity index (χ4v) is 8.06. The number of rotatable bonds is 16. The molecule has 0 aliphatic carbocycles. The summed E-state index contributed by atoms with van der Waals surface area (Å²) in [7, 11) is 2.97. The number of benzene rings is 3. The Balaban J connectivity index is 1.13. The van der Waals surface area contributed by atoms with Crippen LogP contribution in [0, 0.1) is 0 Å². The maximum absolute atomic E-state index is 12.0. The monoisotopic (exact) mass is 859 g/mol. The van der Waals surface area contributed by atoms with Gasteiger partial charge in [0.25, 0.3) is 0 Å². The van der Waals surface area contributed by atoms with Gasteiger partial charge in [0.1, 0.15) is 60.5 Å². The molecule has 1 unspecified atom stereocenters. The SMILES string of the molecule is COc1ccc(C2OC[C@H]3O[C@@H](O[C@H]4[C@@H](O)[C@H](N=[N+]=[N-])[C@H](O[C@@H]5[C@@H](N=[N+]=[N-])[C@H](OC)O[C@H](C)[C@@H]5OCc5ccccc5)O[C@H]4C)[C@@H](N=[N+]=[N-])[C@@H](OCc4ccccc4)[C@@H]3O2)cc1. The number of methoxy groups -OCH3 is 2. The van der Waals surface area contributed by atoms with Gasteiger partial charge in [0.2, 0.25) is 0 Å². The van der Waals surface area contributed by atoms with Crippen molar-refractivity contribution in [2.75, 3.05) is 20.8 Å². The number of ether oxygens (including phenoxy) is 11. The summed E-state index contributed by atoms with van der Waals surface area (Å²) in [6.45, 7) is 3.70. The largest absolute Gasteiger partial charge is 0.497 e. The van der Waals surface area contributed by atoms with Crippen molar-refractivity contribution in [1.82, 2.24) is 0 Å². The summed E-state index contributed by atoms with van der Waals surface area (Å²) >= 11 is 0. The van der Waals surface area contributed by atoms with Crippen molar-refractivity contribution < 1.29 is 57.2 Å². The molecule has 330 valence electrons. The number of aliphatic hydroxyl groups excluding tert-OH is 1. The second-order valence-corrected chi connectivity index (χ2v) is 15.0. The van der Waals surface area contributed by atoms with Crippen LogP contribution in [0.2, 0.25) is 0 Å². The highest BCUT2D eigenvalue weighted by Crippen LogP contribution is 2.40. The molecule has 16 atom stereocenters. The summed E-state index contributed by atoms with van der Waals surface area (Å²) in [6.07, 6.45) is -13.5. The van der Waals surface area contributed by atoms with E-state index in [1.807, 2.05) is 72.8 Å². The first kappa shape index (κ1) is 45.0. The quantitative estimate of drug-likeness (QED) is 0.0943. The zero-order chi connectivity index (χ0) is 43.6. The number of azide groups is 3. The molecule has 21 nitrogen and oxygen atoms in total. The molecular formula is C41H49N9O12. The Hall–Kier alpha value is -5.05. The van der Waals surface area contributed by atoms with E-state index in [1.54, 1.807) is 33.1 Å². The van der Waals surface area contributed by atoms with E-state index < -0.39 is 98.2 Å². The summed E-state index contributed by atoms with van der Waals surface area (Å²) in [5.41, 5.74) is 31.6. The van der Waals surface area contributed by atoms with Crippen molar-refractivity contribution in [3.63, 3.8) is 0 Å². The Bertz CT molecular complexity index is 2040. The fourth-order valence-electron chi connectivity index (χ4n) is 8.06. The van der Waals surface area contributed by atoms with Gasteiger partial charge in [-0.05, 0) is 53.7 Å². The van der Waals surface area contributed by atoms with Crippen molar-refractivity contribution in [3.8, 4) is 5.75 Å². The van der Waals surface area contributed by atoms with Gasteiger partial charge in [0.05, 0.1) is 45.2 Å². The van der Waals surface area contributed by atoms with Crippen molar-refractivity contribution >= 4 is 0 Å². The molecule has 62 heavy (non-hydrogen) atoms. The lowest BCUT2D eigenvalue weighted by Gasteiger charge is -2.50. The summed E-state index contributed by atoms with van der Waals surface area (Å²) < 4.78 is 68.1. The number of fused-ring (bicyclic) bond motifs is 1. The van der Waals surface area contributed by atoms with Crippen molar-refractivity contribution in [3.05, 3.63) is 133 Å². The molecule has 4 saturated heterocycles. The zero-order valence-corrected chi connectivity index (χ0v) is 34.4. The van der Waals surface area contributed by atoms with E-state index in [-0.39, 0.29) is 19.8 Å². The Morgan fingerprint density at radius 2 is 1.16 bits per heavy atom. The van der Waals surface area contributed by atoms with Gasteiger partial charge in [-0.3, -0.25) is 0 Å². The summed E-state index contributed by atoms with van der Waals surface area (Å²) in [6, 6.07) is 22.4. The lowest BCUT2D eigenvalue weighted by molar-refractivity contribution is -0.369. The molecule has 3 aromatic rings. The van der Waals surface area contributed by atoms with Crippen LogP contribution >= 0.6 is 0 Å². The van der Waals surface area contributed by atoms with E-state index in [9.17, 15) is 21.7 Å². The second kappa shape index (κ2) is 21.4. The molecule has 0 bridgehead atoms. The van der Waals surface area contributed by atoms with E-state index in [0.717, 1.165) is 16.7 Å². The van der Waals surface area contributed by atoms with E-state index in [0.29, 0.717) is 5.75 Å². The van der Waals surface area contributed by atoms with Crippen LogP contribution in [0.4, 0.5) is 0 Å². The van der Waals surface area contributed by atoms with Crippen LogP contribution in [0.25, 0.3) is 31.3 Å². The molecule has 4 aliphatic rings. The van der Waals surface area contributed by atoms with Gasteiger partial charge in [-0.1, -0.05) is 88.1 Å². The lowest BCUT2D eigenvalue weighted by atomic mass is 9.94. The highest BCUT2D eigenvalue weighted by molar-refractivity contribution is 5.28. The average molecular weight is 860 g/mol. The minimum atomic E-state index is -1.58. The van der Waals surface area contributed by atoms with E-state index >= 15 is 0 Å². The van der Waals surface area contributed by atoms with Gasteiger partial charge < -0.3 is 57.2 Å². The molecule has 4 heterocycles. The van der Waals surface area contributed by atoms with Gasteiger partial charge in [-0.2, -0.15) is 0 Å². The molecule has 0 saturated carbocycles. The van der Waals surface area contributed by atoms with Crippen LogP contribution in [0.5, 0.6) is 5.75 Å². The minimum Gasteiger partial charge on any atom is -0.497 e. The van der Waals surface area contributed by atoms with Crippen molar-refractivity contribution in [1.29, 1.82) is 0 Å². The Morgan fingerprint density at radius 1 is 0.629 bits per heavy atom. The van der Waals surface area contributed by atoms with Crippen LogP contribution < -0.4 is 4.74 Å². The fraction of sp³-hybridized carbons (Fsp3) is 0.561. The molecule has 21 heteroatoms. The Morgan fingerprint density at radius 3 is 1.76 bits per heavy atom. The lowest BCUT2D eigenvalue weighted by Crippen LogP contribution is -2.66. The van der Waals surface area contributed by atoms with Crippen LogP contribution in [-0.2, 0) is 60.6 Å².